The molecular weight excluding hydrogens is 643 g/mol. The summed E-state index contributed by atoms with van der Waals surface area (Å²) in [5.74, 6) is -1.24. The van der Waals surface area contributed by atoms with E-state index in [1.54, 1.807) is 43.3 Å². The van der Waals surface area contributed by atoms with Crippen LogP contribution in [0.1, 0.15) is 28.4 Å². The highest BCUT2D eigenvalue weighted by atomic mass is 79.9. The van der Waals surface area contributed by atoms with Gasteiger partial charge < -0.3 is 14.8 Å². The lowest BCUT2D eigenvalue weighted by molar-refractivity contribution is -0.127. The second-order valence-electron chi connectivity index (χ2n) is 8.34. The highest BCUT2D eigenvalue weighted by Gasteiger charge is 2.36. The molecule has 3 amide bonds. The lowest BCUT2D eigenvalue weighted by Crippen LogP contribution is -2.36. The molecule has 1 aliphatic rings. The Kier molecular flexibility index (Phi) is 9.91. The van der Waals surface area contributed by atoms with Gasteiger partial charge in [0.05, 0.1) is 26.6 Å². The Morgan fingerprint density at radius 1 is 1.05 bits per heavy atom. The number of hydrogen-bond donors (Lipinski definition) is 1. The topological polar surface area (TPSA) is 102 Å². The summed E-state index contributed by atoms with van der Waals surface area (Å²) in [4.78, 5) is 51.1. The Balaban J connectivity index is 1.39. The number of nitrogens with zero attached hydrogens (tertiary/aromatic N) is 1. The molecule has 0 aliphatic carbocycles. The van der Waals surface area contributed by atoms with Crippen molar-refractivity contribution in [1.29, 1.82) is 0 Å². The van der Waals surface area contributed by atoms with Crippen molar-refractivity contribution in [2.45, 2.75) is 13.5 Å². The summed E-state index contributed by atoms with van der Waals surface area (Å²) in [7, 11) is 0. The number of carbonyl (C=O) groups excluding carboxylic acids is 4. The van der Waals surface area contributed by atoms with Gasteiger partial charge in [0.2, 0.25) is 5.91 Å². The minimum absolute atomic E-state index is 0.0861. The Morgan fingerprint density at radius 3 is 2.50 bits per heavy atom. The second kappa shape index (κ2) is 13.4. The van der Waals surface area contributed by atoms with Crippen molar-refractivity contribution in [2.24, 2.45) is 0 Å². The van der Waals surface area contributed by atoms with Crippen molar-refractivity contribution in [3.63, 3.8) is 0 Å². The first kappa shape index (κ1) is 29.7. The van der Waals surface area contributed by atoms with Crippen molar-refractivity contribution >= 4 is 85.7 Å². The maximum absolute atomic E-state index is 12.9. The van der Waals surface area contributed by atoms with E-state index in [1.807, 2.05) is 12.1 Å². The summed E-state index contributed by atoms with van der Waals surface area (Å²) >= 11 is 16.2. The monoisotopic (exact) mass is 662 g/mol. The lowest BCUT2D eigenvalue weighted by atomic mass is 10.2. The number of rotatable bonds is 9. The zero-order valence-electron chi connectivity index (χ0n) is 20.9. The standard InChI is InChI=1S/C28H21BrCl2N2O6S/c1-2-38-27(36)20-13-19(8-9-22(20)31)32-25(34)14-33-26(35)24(40-28(33)37)12-17-5-10-23(21(29)11-17)39-15-16-3-6-18(30)7-4-16/h3-13H,2,14-15H2,1H3,(H,32,34)/b24-12+. The normalized spacial score (nSPS) is 14.0. The zero-order valence-corrected chi connectivity index (χ0v) is 24.8. The van der Waals surface area contributed by atoms with E-state index in [9.17, 15) is 19.2 Å². The molecule has 1 fully saturated rings. The summed E-state index contributed by atoms with van der Waals surface area (Å²) in [6.07, 6.45) is 1.57. The van der Waals surface area contributed by atoms with Gasteiger partial charge in [0.1, 0.15) is 18.9 Å². The molecule has 3 aromatic rings. The number of nitrogens with one attached hydrogen (secondary N) is 1. The van der Waals surface area contributed by atoms with Gasteiger partial charge in [-0.25, -0.2) is 4.79 Å². The van der Waals surface area contributed by atoms with E-state index in [0.29, 0.717) is 27.4 Å². The van der Waals surface area contributed by atoms with E-state index in [-0.39, 0.29) is 27.8 Å². The number of esters is 1. The summed E-state index contributed by atoms with van der Waals surface area (Å²) in [6, 6.07) is 16.9. The number of thioether (sulfide) groups is 1. The third kappa shape index (κ3) is 7.45. The number of hydrogen-bond acceptors (Lipinski definition) is 7. The summed E-state index contributed by atoms with van der Waals surface area (Å²) in [5, 5.41) is 2.81. The van der Waals surface area contributed by atoms with E-state index in [0.717, 1.165) is 22.2 Å². The van der Waals surface area contributed by atoms with Gasteiger partial charge in [-0.15, -0.1) is 0 Å². The highest BCUT2D eigenvalue weighted by molar-refractivity contribution is 9.10. The average Bonchev–Trinajstić information content (AvgIpc) is 3.17. The number of benzene rings is 3. The molecule has 8 nitrogen and oxygen atoms in total. The number of carbonyl (C=O) groups is 4. The van der Waals surface area contributed by atoms with Crippen LogP contribution in [0.3, 0.4) is 0 Å². The Morgan fingerprint density at radius 2 is 1.80 bits per heavy atom. The number of ether oxygens (including phenoxy) is 2. The highest BCUT2D eigenvalue weighted by Crippen LogP contribution is 2.34. The first-order valence-electron chi connectivity index (χ1n) is 11.8. The van der Waals surface area contributed by atoms with Gasteiger partial charge >= 0.3 is 5.97 Å². The van der Waals surface area contributed by atoms with Crippen LogP contribution >= 0.6 is 50.9 Å². The predicted molar refractivity (Wildman–Crippen MR) is 159 cm³/mol. The van der Waals surface area contributed by atoms with E-state index < -0.39 is 29.6 Å². The third-order valence-electron chi connectivity index (χ3n) is 5.48. The molecule has 12 heteroatoms. The second-order valence-corrected chi connectivity index (χ2v) is 11.0. The number of anilines is 1. The van der Waals surface area contributed by atoms with Gasteiger partial charge in [-0.05, 0) is 94.3 Å². The Hall–Kier alpha value is -3.31. The van der Waals surface area contributed by atoms with Crippen LogP contribution in [0.25, 0.3) is 6.08 Å². The molecule has 40 heavy (non-hydrogen) atoms. The molecular formula is C28H21BrCl2N2O6S. The fraction of sp³-hybridized carbons (Fsp3) is 0.143. The Bertz CT molecular complexity index is 1510. The maximum Gasteiger partial charge on any atom is 0.339 e. The molecule has 0 spiro atoms. The molecule has 0 unspecified atom stereocenters. The van der Waals surface area contributed by atoms with Crippen LogP contribution < -0.4 is 10.1 Å². The van der Waals surface area contributed by atoms with E-state index in [4.69, 9.17) is 32.7 Å². The fourth-order valence-electron chi connectivity index (χ4n) is 3.57. The molecule has 1 N–H and O–H groups in total. The summed E-state index contributed by atoms with van der Waals surface area (Å²) in [5.41, 5.74) is 1.97. The molecule has 1 heterocycles. The predicted octanol–water partition coefficient (Wildman–Crippen LogP) is 7.19. The van der Waals surface area contributed by atoms with E-state index in [2.05, 4.69) is 21.2 Å². The van der Waals surface area contributed by atoms with Crippen LogP contribution in [0, 0.1) is 0 Å². The van der Waals surface area contributed by atoms with Gasteiger partial charge in [-0.3, -0.25) is 19.3 Å². The lowest BCUT2D eigenvalue weighted by Gasteiger charge is -2.13. The summed E-state index contributed by atoms with van der Waals surface area (Å²) < 4.78 is 11.5. The van der Waals surface area contributed by atoms with Crippen LogP contribution in [0.5, 0.6) is 5.75 Å². The van der Waals surface area contributed by atoms with Crippen molar-refractivity contribution in [1.82, 2.24) is 4.90 Å². The quantitative estimate of drug-likeness (QED) is 0.191. The van der Waals surface area contributed by atoms with Gasteiger partial charge in [0.25, 0.3) is 11.1 Å². The SMILES string of the molecule is CCOC(=O)c1cc(NC(=O)CN2C(=O)S/C(=C/c3ccc(OCc4ccc(Cl)cc4)c(Br)c3)C2=O)ccc1Cl. The van der Waals surface area contributed by atoms with Crippen molar-refractivity contribution in [2.75, 3.05) is 18.5 Å². The molecule has 0 bridgehead atoms. The molecule has 206 valence electrons. The van der Waals surface area contributed by atoms with Crippen LogP contribution in [-0.4, -0.2) is 41.1 Å². The van der Waals surface area contributed by atoms with E-state index in [1.165, 1.54) is 18.2 Å². The first-order valence-corrected chi connectivity index (χ1v) is 14.2. The molecule has 0 radical (unpaired) electrons. The molecule has 0 atom stereocenters. The minimum Gasteiger partial charge on any atom is -0.488 e. The number of amides is 3. The van der Waals surface area contributed by atoms with Gasteiger partial charge in [-0.1, -0.05) is 41.4 Å². The van der Waals surface area contributed by atoms with Gasteiger partial charge in [-0.2, -0.15) is 0 Å². The maximum atomic E-state index is 12.9. The van der Waals surface area contributed by atoms with Crippen LogP contribution in [0.2, 0.25) is 10.0 Å². The summed E-state index contributed by atoms with van der Waals surface area (Å²) in [6.45, 7) is 1.67. The largest absolute Gasteiger partial charge is 0.488 e. The molecule has 0 saturated carbocycles. The fourth-order valence-corrected chi connectivity index (χ4v) is 5.24. The smallest absolute Gasteiger partial charge is 0.339 e. The Labute approximate surface area is 252 Å². The molecule has 1 saturated heterocycles. The van der Waals surface area contributed by atoms with E-state index >= 15 is 0 Å². The van der Waals surface area contributed by atoms with Gasteiger partial charge in [0.15, 0.2) is 0 Å². The average molecular weight is 664 g/mol. The number of halogens is 3. The molecule has 1 aliphatic heterocycles. The molecule has 4 rings (SSSR count). The van der Waals surface area contributed by atoms with Crippen molar-refractivity contribution in [3.05, 3.63) is 96.8 Å². The van der Waals surface area contributed by atoms with Crippen molar-refractivity contribution < 1.29 is 28.7 Å². The third-order valence-corrected chi connectivity index (χ3v) is 7.59. The molecule has 0 aromatic heterocycles. The molecule has 3 aromatic carbocycles. The van der Waals surface area contributed by atoms with Crippen LogP contribution in [0.15, 0.2) is 70.0 Å². The zero-order chi connectivity index (χ0) is 28.8. The van der Waals surface area contributed by atoms with Crippen molar-refractivity contribution in [3.8, 4) is 5.75 Å². The van der Waals surface area contributed by atoms with Crippen LogP contribution in [0.4, 0.5) is 10.5 Å². The minimum atomic E-state index is -0.632. The van der Waals surface area contributed by atoms with Gasteiger partial charge in [0, 0.05) is 10.7 Å². The number of imide groups is 1. The first-order chi connectivity index (χ1) is 19.1. The van der Waals surface area contributed by atoms with Crippen LogP contribution in [-0.2, 0) is 20.9 Å².